The van der Waals surface area contributed by atoms with Crippen LogP contribution in [-0.2, 0) is 22.3 Å². The summed E-state index contributed by atoms with van der Waals surface area (Å²) in [6.07, 6.45) is -2.01. The first-order valence-corrected chi connectivity index (χ1v) is 10.5. The van der Waals surface area contributed by atoms with Crippen molar-refractivity contribution in [3.63, 3.8) is 0 Å². The Morgan fingerprint density at radius 2 is 1.93 bits per heavy atom. The normalized spacial score (nSPS) is 13.7. The molecular formula is C21H24F3N3O2S. The maximum atomic E-state index is 14.8. The van der Waals surface area contributed by atoms with Gasteiger partial charge in [-0.15, -0.1) is 5.10 Å². The van der Waals surface area contributed by atoms with Crippen LogP contribution in [0.4, 0.5) is 18.9 Å². The molecule has 5 nitrogen and oxygen atoms in total. The average Bonchev–Trinajstić information content (AvgIpc) is 2.75. The van der Waals surface area contributed by atoms with E-state index in [1.165, 1.54) is 12.1 Å². The summed E-state index contributed by atoms with van der Waals surface area (Å²) in [6, 6.07) is 13.2. The molecule has 2 atom stereocenters. The maximum Gasteiger partial charge on any atom is 0.272 e. The third-order valence-electron chi connectivity index (χ3n) is 4.30. The van der Waals surface area contributed by atoms with Crippen LogP contribution in [0.2, 0.25) is 0 Å². The van der Waals surface area contributed by atoms with Gasteiger partial charge in [-0.05, 0) is 37.6 Å². The van der Waals surface area contributed by atoms with Gasteiger partial charge in [-0.3, -0.25) is 4.31 Å². The quantitative estimate of drug-likeness (QED) is 0.299. The predicted molar refractivity (Wildman–Crippen MR) is 115 cm³/mol. The van der Waals surface area contributed by atoms with Crippen LogP contribution in [0.15, 0.2) is 58.7 Å². The lowest BCUT2D eigenvalue weighted by atomic mass is 10.1. The van der Waals surface area contributed by atoms with Crippen molar-refractivity contribution >= 4 is 29.3 Å². The predicted octanol–water partition coefficient (Wildman–Crippen LogP) is 4.94. The molecule has 0 aromatic heterocycles. The molecule has 0 radical (unpaired) electrons. The van der Waals surface area contributed by atoms with Gasteiger partial charge in [0.15, 0.2) is 6.61 Å². The summed E-state index contributed by atoms with van der Waals surface area (Å²) in [5.41, 5.74) is 1.15. The SMILES string of the molecule is C=N/N=C(\OCC(F)F)c1ccc(CN(c2ccccc2)S(=O)C(C)CC)c(F)c1. The number of para-hydroxylation sites is 1. The highest BCUT2D eigenvalue weighted by Gasteiger charge is 2.21. The van der Waals surface area contributed by atoms with E-state index in [9.17, 15) is 17.4 Å². The Morgan fingerprint density at radius 1 is 1.23 bits per heavy atom. The minimum atomic E-state index is -2.71. The van der Waals surface area contributed by atoms with Crippen LogP contribution in [0.3, 0.4) is 0 Å². The number of benzene rings is 2. The first kappa shape index (κ1) is 23.6. The second-order valence-corrected chi connectivity index (χ2v) is 8.22. The number of alkyl halides is 2. The third-order valence-corrected chi connectivity index (χ3v) is 6.10. The summed E-state index contributed by atoms with van der Waals surface area (Å²) in [6.45, 7) is 6.15. The maximum absolute atomic E-state index is 14.8. The molecule has 0 fully saturated rings. The van der Waals surface area contributed by atoms with E-state index in [0.29, 0.717) is 17.7 Å². The van der Waals surface area contributed by atoms with E-state index < -0.39 is 29.8 Å². The summed E-state index contributed by atoms with van der Waals surface area (Å²) in [5.74, 6) is -0.856. The summed E-state index contributed by atoms with van der Waals surface area (Å²) < 4.78 is 59.2. The van der Waals surface area contributed by atoms with Gasteiger partial charge in [0.05, 0.1) is 11.8 Å². The van der Waals surface area contributed by atoms with Gasteiger partial charge in [-0.25, -0.2) is 17.4 Å². The van der Waals surface area contributed by atoms with E-state index in [0.717, 1.165) is 6.07 Å². The molecule has 0 heterocycles. The molecule has 162 valence electrons. The fourth-order valence-corrected chi connectivity index (χ4v) is 3.87. The molecule has 2 aromatic rings. The Balaban J connectivity index is 2.32. The molecule has 2 rings (SSSR count). The monoisotopic (exact) mass is 439 g/mol. The molecular weight excluding hydrogens is 415 g/mol. The van der Waals surface area contributed by atoms with Crippen molar-refractivity contribution in [3.05, 3.63) is 65.5 Å². The zero-order valence-electron chi connectivity index (χ0n) is 16.8. The van der Waals surface area contributed by atoms with Gasteiger partial charge >= 0.3 is 0 Å². The molecule has 0 aliphatic heterocycles. The molecule has 0 aliphatic rings. The lowest BCUT2D eigenvalue weighted by Gasteiger charge is -2.26. The fraction of sp³-hybridized carbons (Fsp3) is 0.333. The van der Waals surface area contributed by atoms with E-state index in [1.807, 2.05) is 44.2 Å². The van der Waals surface area contributed by atoms with E-state index in [2.05, 4.69) is 16.9 Å². The number of anilines is 1. The molecule has 0 saturated heterocycles. The van der Waals surface area contributed by atoms with Crippen molar-refractivity contribution in [1.29, 1.82) is 0 Å². The Hall–Kier alpha value is -2.68. The van der Waals surface area contributed by atoms with E-state index >= 15 is 0 Å². The third kappa shape index (κ3) is 6.41. The first-order valence-electron chi connectivity index (χ1n) is 9.34. The highest BCUT2D eigenvalue weighted by atomic mass is 32.2. The van der Waals surface area contributed by atoms with Gasteiger partial charge in [0.25, 0.3) is 6.43 Å². The minimum Gasteiger partial charge on any atom is -0.470 e. The summed E-state index contributed by atoms with van der Waals surface area (Å²) in [4.78, 5) is 0. The molecule has 0 aliphatic carbocycles. The molecule has 2 aromatic carbocycles. The lowest BCUT2D eigenvalue weighted by molar-refractivity contribution is 0.0765. The lowest BCUT2D eigenvalue weighted by Crippen LogP contribution is -2.31. The molecule has 9 heteroatoms. The number of hydrogen-bond acceptors (Lipinski definition) is 4. The van der Waals surface area contributed by atoms with E-state index in [4.69, 9.17) is 4.74 Å². The van der Waals surface area contributed by atoms with Crippen LogP contribution in [0, 0.1) is 5.82 Å². The number of ether oxygens (including phenoxy) is 1. The zero-order valence-corrected chi connectivity index (χ0v) is 17.6. The largest absolute Gasteiger partial charge is 0.470 e. The van der Waals surface area contributed by atoms with Gasteiger partial charge < -0.3 is 4.74 Å². The fourth-order valence-electron chi connectivity index (χ4n) is 2.55. The number of rotatable bonds is 10. The van der Waals surface area contributed by atoms with Crippen LogP contribution in [-0.4, -0.2) is 35.1 Å². The molecule has 0 spiro atoms. The smallest absolute Gasteiger partial charge is 0.272 e. The van der Waals surface area contributed by atoms with Gasteiger partial charge in [-0.1, -0.05) is 31.2 Å². The van der Waals surface area contributed by atoms with Gasteiger partial charge in [0.1, 0.15) is 16.8 Å². The van der Waals surface area contributed by atoms with E-state index in [-0.39, 0.29) is 23.3 Å². The van der Waals surface area contributed by atoms with Crippen LogP contribution in [0.25, 0.3) is 0 Å². The van der Waals surface area contributed by atoms with Crippen molar-refractivity contribution in [2.75, 3.05) is 10.9 Å². The van der Waals surface area contributed by atoms with E-state index in [1.54, 1.807) is 4.31 Å². The Morgan fingerprint density at radius 3 is 2.50 bits per heavy atom. The number of halogens is 3. The molecule has 30 heavy (non-hydrogen) atoms. The van der Waals surface area contributed by atoms with Crippen molar-refractivity contribution < 1.29 is 22.1 Å². The standard InChI is InChI=1S/C21H24F3N3O2S/c1-4-15(2)30(28)27(18-8-6-5-7-9-18)13-17-11-10-16(12-19(17)22)21(26-25-3)29-14-20(23)24/h5-12,15,20H,3-4,13-14H2,1-2H3/b26-21-. The number of nitrogens with zero attached hydrogens (tertiary/aromatic N) is 3. The second kappa shape index (κ2) is 11.5. The van der Waals surface area contributed by atoms with Crippen molar-refractivity contribution in [1.82, 2.24) is 0 Å². The molecule has 0 amide bonds. The highest BCUT2D eigenvalue weighted by molar-refractivity contribution is 7.87. The summed E-state index contributed by atoms with van der Waals surface area (Å²) >= 11 is 0. The van der Waals surface area contributed by atoms with Crippen LogP contribution in [0.1, 0.15) is 31.4 Å². The van der Waals surface area contributed by atoms with Crippen molar-refractivity contribution in [2.45, 2.75) is 38.5 Å². The molecule has 0 saturated carbocycles. The second-order valence-electron chi connectivity index (χ2n) is 6.42. The van der Waals surface area contributed by atoms with Gasteiger partial charge in [0.2, 0.25) is 5.90 Å². The molecule has 0 bridgehead atoms. The first-order chi connectivity index (χ1) is 14.4. The van der Waals surface area contributed by atoms with Crippen LogP contribution < -0.4 is 4.31 Å². The summed E-state index contributed by atoms with van der Waals surface area (Å²) in [5, 5.41) is 6.72. The Kier molecular flexibility index (Phi) is 9.04. The minimum absolute atomic E-state index is 0.0666. The van der Waals surface area contributed by atoms with Crippen LogP contribution in [0.5, 0.6) is 0 Å². The Labute approximate surface area is 176 Å². The van der Waals surface area contributed by atoms with Crippen molar-refractivity contribution in [2.24, 2.45) is 10.2 Å². The zero-order chi connectivity index (χ0) is 22.1. The number of hydrogen-bond donors (Lipinski definition) is 0. The van der Waals surface area contributed by atoms with Gasteiger partial charge in [-0.2, -0.15) is 5.10 Å². The Bertz CT molecular complexity index is 894. The highest BCUT2D eigenvalue weighted by Crippen LogP contribution is 2.23. The molecule has 2 unspecified atom stereocenters. The van der Waals surface area contributed by atoms with Gasteiger partial charge in [0, 0.05) is 23.5 Å². The topological polar surface area (TPSA) is 54.3 Å². The van der Waals surface area contributed by atoms with Crippen molar-refractivity contribution in [3.8, 4) is 0 Å². The molecule has 0 N–H and O–H groups in total. The average molecular weight is 440 g/mol. The summed E-state index contributed by atoms with van der Waals surface area (Å²) in [7, 11) is -1.38. The van der Waals surface area contributed by atoms with Crippen LogP contribution >= 0.6 is 0 Å².